The first-order valence-electron chi connectivity index (χ1n) is 9.77. The van der Waals surface area contributed by atoms with Gasteiger partial charge in [0.05, 0.1) is 11.4 Å². The van der Waals surface area contributed by atoms with Crippen molar-refractivity contribution in [1.82, 2.24) is 9.88 Å². The van der Waals surface area contributed by atoms with Crippen LogP contribution in [0.5, 0.6) is 0 Å². The van der Waals surface area contributed by atoms with E-state index in [-0.39, 0.29) is 6.03 Å². The molecule has 1 atom stereocenters. The van der Waals surface area contributed by atoms with Gasteiger partial charge in [0.15, 0.2) is 0 Å². The van der Waals surface area contributed by atoms with Crippen molar-refractivity contribution in [3.8, 4) is 0 Å². The van der Waals surface area contributed by atoms with E-state index in [1.165, 1.54) is 12.8 Å². The van der Waals surface area contributed by atoms with E-state index < -0.39 is 0 Å². The summed E-state index contributed by atoms with van der Waals surface area (Å²) in [5.74, 6) is 1.31. The van der Waals surface area contributed by atoms with Gasteiger partial charge in [-0.1, -0.05) is 13.3 Å². The van der Waals surface area contributed by atoms with E-state index >= 15 is 0 Å². The molecule has 1 unspecified atom stereocenters. The number of nitrogens with one attached hydrogen (secondary N) is 1. The summed E-state index contributed by atoms with van der Waals surface area (Å²) in [4.78, 5) is 19.4. The zero-order chi connectivity index (χ0) is 17.6. The summed E-state index contributed by atoms with van der Waals surface area (Å²) in [6.45, 7) is 7.59. The summed E-state index contributed by atoms with van der Waals surface area (Å²) in [6, 6.07) is 1.99. The van der Waals surface area contributed by atoms with Gasteiger partial charge in [0.1, 0.15) is 0 Å². The van der Waals surface area contributed by atoms with Crippen LogP contribution in [0.25, 0.3) is 0 Å². The zero-order valence-electron chi connectivity index (χ0n) is 15.6. The van der Waals surface area contributed by atoms with Crippen molar-refractivity contribution >= 4 is 11.7 Å². The number of aryl methyl sites for hydroxylation is 2. The fourth-order valence-corrected chi connectivity index (χ4v) is 4.17. The lowest BCUT2D eigenvalue weighted by Gasteiger charge is -2.32. The summed E-state index contributed by atoms with van der Waals surface area (Å²) < 4.78 is 5.51. The molecular formula is C20H31N3O2. The van der Waals surface area contributed by atoms with Crippen LogP contribution < -0.4 is 5.32 Å². The molecule has 2 aliphatic heterocycles. The Hall–Kier alpha value is -1.62. The highest BCUT2D eigenvalue weighted by molar-refractivity contribution is 5.90. The molecule has 0 bridgehead atoms. The number of amides is 2. The predicted octanol–water partition coefficient (Wildman–Crippen LogP) is 4.01. The monoisotopic (exact) mass is 345 g/mol. The van der Waals surface area contributed by atoms with Gasteiger partial charge in [0, 0.05) is 32.5 Å². The average Bonchev–Trinajstić information content (AvgIpc) is 2.90. The maximum atomic E-state index is 12.9. The minimum absolute atomic E-state index is 0.0322. The molecule has 1 N–H and O–H groups in total. The van der Waals surface area contributed by atoms with Crippen LogP contribution in [0.2, 0.25) is 0 Å². The fraction of sp³-hybridized carbons (Fsp3) is 0.700. The number of nitrogens with zero attached hydrogens (tertiary/aromatic N) is 2. The van der Waals surface area contributed by atoms with Gasteiger partial charge >= 0.3 is 6.03 Å². The van der Waals surface area contributed by atoms with E-state index in [0.717, 1.165) is 68.9 Å². The Balaban J connectivity index is 1.68. The van der Waals surface area contributed by atoms with Crippen LogP contribution in [0.15, 0.2) is 12.3 Å². The van der Waals surface area contributed by atoms with Crippen LogP contribution in [-0.4, -0.2) is 42.2 Å². The van der Waals surface area contributed by atoms with Gasteiger partial charge < -0.3 is 15.0 Å². The maximum Gasteiger partial charge on any atom is 0.321 e. The lowest BCUT2D eigenvalue weighted by Crippen LogP contribution is -2.40. The molecule has 2 fully saturated rings. The quantitative estimate of drug-likeness (QED) is 0.900. The summed E-state index contributed by atoms with van der Waals surface area (Å²) in [7, 11) is 0. The number of carbonyl (C=O) groups is 1. The number of aromatic nitrogens is 1. The molecule has 0 radical (unpaired) electrons. The first-order valence-corrected chi connectivity index (χ1v) is 9.77. The van der Waals surface area contributed by atoms with Crippen LogP contribution in [0.4, 0.5) is 10.5 Å². The van der Waals surface area contributed by atoms with Crippen molar-refractivity contribution in [2.24, 2.45) is 11.8 Å². The molecule has 5 heteroatoms. The maximum absolute atomic E-state index is 12.9. The standard InChI is InChI=1S/C20H31N3O2/c1-3-18-19(15(2)7-10-21-18)22-20(24)23-11-5-4-6-17(14-23)16-8-12-25-13-9-16/h7,10,16-17H,3-6,8-9,11-14H2,1-2H3,(H,22,24). The second kappa shape index (κ2) is 8.65. The Morgan fingerprint density at radius 3 is 2.84 bits per heavy atom. The molecule has 25 heavy (non-hydrogen) atoms. The molecular weight excluding hydrogens is 314 g/mol. The number of anilines is 1. The zero-order valence-corrected chi connectivity index (χ0v) is 15.6. The van der Waals surface area contributed by atoms with E-state index in [2.05, 4.69) is 17.2 Å². The SMILES string of the molecule is CCc1nccc(C)c1NC(=O)N1CCCCC(C2CCOCC2)C1. The lowest BCUT2D eigenvalue weighted by molar-refractivity contribution is 0.0415. The van der Waals surface area contributed by atoms with Crippen LogP contribution >= 0.6 is 0 Å². The minimum atomic E-state index is 0.0322. The molecule has 1 aromatic rings. The number of hydrogen-bond acceptors (Lipinski definition) is 3. The number of rotatable bonds is 3. The van der Waals surface area contributed by atoms with Crippen molar-refractivity contribution in [1.29, 1.82) is 0 Å². The third-order valence-electron chi connectivity index (χ3n) is 5.73. The summed E-state index contributed by atoms with van der Waals surface area (Å²) >= 11 is 0. The van der Waals surface area contributed by atoms with Crippen LogP contribution in [0.1, 0.15) is 50.3 Å². The van der Waals surface area contributed by atoms with Crippen LogP contribution in [0, 0.1) is 18.8 Å². The third kappa shape index (κ3) is 4.51. The number of urea groups is 1. The minimum Gasteiger partial charge on any atom is -0.381 e. The van der Waals surface area contributed by atoms with Crippen molar-refractivity contribution in [2.75, 3.05) is 31.6 Å². The highest BCUT2D eigenvalue weighted by Crippen LogP contribution is 2.31. The van der Waals surface area contributed by atoms with Crippen molar-refractivity contribution < 1.29 is 9.53 Å². The Labute approximate surface area is 151 Å². The van der Waals surface area contributed by atoms with Gasteiger partial charge in [-0.15, -0.1) is 0 Å². The Kier molecular flexibility index (Phi) is 6.29. The lowest BCUT2D eigenvalue weighted by atomic mass is 9.83. The van der Waals surface area contributed by atoms with Crippen molar-refractivity contribution in [3.63, 3.8) is 0 Å². The molecule has 5 nitrogen and oxygen atoms in total. The number of ether oxygens (including phenoxy) is 1. The van der Waals surface area contributed by atoms with E-state index in [0.29, 0.717) is 11.8 Å². The molecule has 0 aromatic carbocycles. The summed E-state index contributed by atoms with van der Waals surface area (Å²) in [5, 5.41) is 3.15. The van der Waals surface area contributed by atoms with Crippen molar-refractivity contribution in [3.05, 3.63) is 23.5 Å². The van der Waals surface area contributed by atoms with Gasteiger partial charge in [-0.05, 0) is 62.5 Å². The van der Waals surface area contributed by atoms with E-state index in [4.69, 9.17) is 4.74 Å². The fourth-order valence-electron chi connectivity index (χ4n) is 4.17. The Bertz CT molecular complexity index is 584. The van der Waals surface area contributed by atoms with Crippen LogP contribution in [0.3, 0.4) is 0 Å². The highest BCUT2D eigenvalue weighted by atomic mass is 16.5. The first kappa shape index (κ1) is 18.2. The van der Waals surface area contributed by atoms with E-state index in [1.807, 2.05) is 24.1 Å². The Morgan fingerprint density at radius 1 is 1.28 bits per heavy atom. The van der Waals surface area contributed by atoms with Gasteiger partial charge in [-0.3, -0.25) is 4.98 Å². The normalized spacial score (nSPS) is 22.5. The van der Waals surface area contributed by atoms with Crippen LogP contribution in [-0.2, 0) is 11.2 Å². The van der Waals surface area contributed by atoms with Crippen molar-refractivity contribution in [2.45, 2.75) is 52.4 Å². The molecule has 3 heterocycles. The molecule has 3 rings (SSSR count). The molecule has 0 spiro atoms. The van der Waals surface area contributed by atoms with Gasteiger partial charge in [-0.2, -0.15) is 0 Å². The van der Waals surface area contributed by atoms with E-state index in [9.17, 15) is 4.79 Å². The second-order valence-corrected chi connectivity index (χ2v) is 7.38. The molecule has 0 saturated carbocycles. The second-order valence-electron chi connectivity index (χ2n) is 7.38. The largest absolute Gasteiger partial charge is 0.381 e. The van der Waals surface area contributed by atoms with Gasteiger partial charge in [0.25, 0.3) is 0 Å². The smallest absolute Gasteiger partial charge is 0.321 e. The van der Waals surface area contributed by atoms with E-state index in [1.54, 1.807) is 0 Å². The topological polar surface area (TPSA) is 54.5 Å². The molecule has 2 aliphatic rings. The molecule has 0 aliphatic carbocycles. The predicted molar refractivity (Wildman–Crippen MR) is 99.8 cm³/mol. The average molecular weight is 345 g/mol. The highest BCUT2D eigenvalue weighted by Gasteiger charge is 2.29. The number of hydrogen-bond donors (Lipinski definition) is 1. The molecule has 1 aromatic heterocycles. The number of likely N-dealkylation sites (tertiary alicyclic amines) is 1. The Morgan fingerprint density at radius 2 is 2.08 bits per heavy atom. The molecule has 2 saturated heterocycles. The number of pyridine rings is 1. The first-order chi connectivity index (χ1) is 12.2. The summed E-state index contributed by atoms with van der Waals surface area (Å²) in [5.41, 5.74) is 2.93. The third-order valence-corrected chi connectivity index (χ3v) is 5.73. The van der Waals surface area contributed by atoms with Gasteiger partial charge in [-0.25, -0.2) is 4.79 Å². The van der Waals surface area contributed by atoms with Gasteiger partial charge in [0.2, 0.25) is 0 Å². The molecule has 2 amide bonds. The number of carbonyl (C=O) groups excluding carboxylic acids is 1. The molecule has 138 valence electrons. The summed E-state index contributed by atoms with van der Waals surface area (Å²) in [6.07, 6.45) is 8.47.